The first-order chi connectivity index (χ1) is 10.6. The van der Waals surface area contributed by atoms with Gasteiger partial charge in [0.25, 0.3) is 0 Å². The predicted molar refractivity (Wildman–Crippen MR) is 83.5 cm³/mol. The molecule has 2 aromatic heterocycles. The van der Waals surface area contributed by atoms with Crippen LogP contribution in [-0.4, -0.2) is 45.6 Å². The third kappa shape index (κ3) is 2.41. The fraction of sp³-hybridized carbons (Fsp3) is 0.429. The quantitative estimate of drug-likeness (QED) is 0.894. The molecule has 0 aromatic carbocycles. The van der Waals surface area contributed by atoms with E-state index in [1.165, 1.54) is 0 Å². The summed E-state index contributed by atoms with van der Waals surface area (Å²) >= 11 is 12.5. The lowest BCUT2D eigenvalue weighted by atomic mass is 10.1. The number of aromatic nitrogens is 2. The van der Waals surface area contributed by atoms with E-state index < -0.39 is 6.61 Å². The number of nitrogens with one attached hydrogen (secondary N) is 1. The third-order valence-corrected chi connectivity index (χ3v) is 4.55. The Kier molecular flexibility index (Phi) is 4.16. The number of ether oxygens (including phenoxy) is 1. The minimum Gasteiger partial charge on any atom is -0.477 e. The van der Waals surface area contributed by atoms with E-state index in [4.69, 9.17) is 33.0 Å². The van der Waals surface area contributed by atoms with E-state index >= 15 is 0 Å². The van der Waals surface area contributed by atoms with Gasteiger partial charge in [-0.1, -0.05) is 23.2 Å². The Morgan fingerprint density at radius 3 is 2.91 bits per heavy atom. The number of rotatable bonds is 3. The van der Waals surface area contributed by atoms with Crippen LogP contribution in [0.2, 0.25) is 10.0 Å². The predicted octanol–water partition coefficient (Wildman–Crippen LogP) is 2.15. The number of aromatic amines is 1. The number of amides is 1. The van der Waals surface area contributed by atoms with Crippen molar-refractivity contribution in [3.63, 3.8) is 0 Å². The molecule has 1 aliphatic heterocycles. The average Bonchev–Trinajstić information content (AvgIpc) is 2.89. The highest BCUT2D eigenvalue weighted by atomic mass is 35.5. The third-order valence-electron chi connectivity index (χ3n) is 3.73. The van der Waals surface area contributed by atoms with Gasteiger partial charge in [0.1, 0.15) is 11.6 Å². The van der Waals surface area contributed by atoms with E-state index in [-0.39, 0.29) is 16.8 Å². The van der Waals surface area contributed by atoms with Gasteiger partial charge in [-0.05, 0) is 6.92 Å². The maximum absolute atomic E-state index is 11.7. The molecule has 1 aliphatic rings. The van der Waals surface area contributed by atoms with Crippen LogP contribution in [0.25, 0.3) is 11.0 Å². The lowest BCUT2D eigenvalue weighted by molar-refractivity contribution is -0.135. The number of carbonyl (C=O) groups is 1. The highest BCUT2D eigenvalue weighted by Gasteiger charge is 2.26. The summed E-state index contributed by atoms with van der Waals surface area (Å²) in [6, 6.07) is 0. The van der Waals surface area contributed by atoms with Crippen molar-refractivity contribution in [2.45, 2.75) is 19.9 Å². The van der Waals surface area contributed by atoms with Gasteiger partial charge in [0.15, 0.2) is 0 Å². The number of pyridine rings is 1. The monoisotopic (exact) mass is 343 g/mol. The zero-order valence-corrected chi connectivity index (χ0v) is 13.5. The minimum absolute atomic E-state index is 0.276. The molecule has 0 radical (unpaired) electrons. The highest BCUT2D eigenvalue weighted by molar-refractivity contribution is 6.45. The number of carbonyl (C=O) groups excluding carboxylic acids is 1. The van der Waals surface area contributed by atoms with E-state index in [2.05, 4.69) is 9.97 Å². The molecular weight excluding hydrogens is 329 g/mol. The second kappa shape index (κ2) is 5.95. The first kappa shape index (κ1) is 15.4. The lowest BCUT2D eigenvalue weighted by Gasteiger charge is -2.26. The molecule has 2 N–H and O–H groups in total. The number of aliphatic hydroxyl groups is 1. The van der Waals surface area contributed by atoms with Gasteiger partial charge in [-0.3, -0.25) is 4.79 Å². The van der Waals surface area contributed by atoms with E-state index in [9.17, 15) is 4.79 Å². The molecule has 6 nitrogen and oxygen atoms in total. The van der Waals surface area contributed by atoms with Crippen molar-refractivity contribution >= 4 is 40.1 Å². The molecule has 3 rings (SSSR count). The summed E-state index contributed by atoms with van der Waals surface area (Å²) in [4.78, 5) is 21.0. The second-order valence-corrected chi connectivity index (χ2v) is 5.76. The number of halogens is 2. The number of hydrogen-bond acceptors (Lipinski definition) is 4. The molecule has 0 unspecified atom stereocenters. The van der Waals surface area contributed by atoms with Crippen molar-refractivity contribution in [3.8, 4) is 5.88 Å². The summed E-state index contributed by atoms with van der Waals surface area (Å²) in [5, 5.41) is 9.66. The van der Waals surface area contributed by atoms with Crippen molar-refractivity contribution in [1.82, 2.24) is 14.9 Å². The Bertz CT molecular complexity index is 745. The number of fused-ring (bicyclic) bond motifs is 3. The smallest absolute Gasteiger partial charge is 0.248 e. The van der Waals surface area contributed by atoms with Gasteiger partial charge in [0, 0.05) is 30.8 Å². The van der Waals surface area contributed by atoms with Crippen molar-refractivity contribution in [2.24, 2.45) is 0 Å². The molecule has 3 heterocycles. The van der Waals surface area contributed by atoms with Crippen LogP contribution < -0.4 is 4.74 Å². The van der Waals surface area contributed by atoms with E-state index in [0.29, 0.717) is 42.2 Å². The van der Waals surface area contributed by atoms with Crippen molar-refractivity contribution in [2.75, 3.05) is 19.8 Å². The first-order valence-corrected chi connectivity index (χ1v) is 7.72. The zero-order chi connectivity index (χ0) is 15.9. The SMILES string of the molecule is CCOc1nc2c3c([nH]c2c(Cl)c1Cl)CCN(C(=O)CO)C3. The minimum atomic E-state index is -0.498. The van der Waals surface area contributed by atoms with E-state index in [0.717, 1.165) is 11.3 Å². The van der Waals surface area contributed by atoms with Crippen LogP contribution in [0.15, 0.2) is 0 Å². The zero-order valence-electron chi connectivity index (χ0n) is 11.9. The van der Waals surface area contributed by atoms with Crippen LogP contribution in [0.4, 0.5) is 0 Å². The van der Waals surface area contributed by atoms with Crippen LogP contribution in [0, 0.1) is 0 Å². The van der Waals surface area contributed by atoms with Crippen molar-refractivity contribution in [1.29, 1.82) is 0 Å². The van der Waals surface area contributed by atoms with Gasteiger partial charge in [-0.15, -0.1) is 0 Å². The normalized spacial score (nSPS) is 14.3. The van der Waals surface area contributed by atoms with Gasteiger partial charge in [0.05, 0.1) is 22.7 Å². The topological polar surface area (TPSA) is 78.5 Å². The average molecular weight is 344 g/mol. The molecular formula is C14H15Cl2N3O3. The number of hydrogen-bond donors (Lipinski definition) is 2. The summed E-state index contributed by atoms with van der Waals surface area (Å²) in [7, 11) is 0. The molecule has 0 atom stereocenters. The Labute approximate surface area is 137 Å². The van der Waals surface area contributed by atoms with Gasteiger partial charge < -0.3 is 19.7 Å². The molecule has 22 heavy (non-hydrogen) atoms. The molecule has 0 bridgehead atoms. The Morgan fingerprint density at radius 2 is 2.23 bits per heavy atom. The molecule has 118 valence electrons. The second-order valence-electron chi connectivity index (χ2n) is 5.01. The maximum atomic E-state index is 11.7. The molecule has 2 aromatic rings. The molecule has 0 aliphatic carbocycles. The number of aliphatic hydroxyl groups excluding tert-OH is 1. The lowest BCUT2D eigenvalue weighted by Crippen LogP contribution is -2.37. The summed E-state index contributed by atoms with van der Waals surface area (Å²) in [6.07, 6.45) is 0.648. The summed E-state index contributed by atoms with van der Waals surface area (Å²) in [5.74, 6) is -0.0147. The highest BCUT2D eigenvalue weighted by Crippen LogP contribution is 2.39. The fourth-order valence-corrected chi connectivity index (χ4v) is 3.07. The molecule has 0 saturated heterocycles. The van der Waals surface area contributed by atoms with E-state index in [1.807, 2.05) is 6.92 Å². The van der Waals surface area contributed by atoms with Gasteiger partial charge >= 0.3 is 0 Å². The summed E-state index contributed by atoms with van der Waals surface area (Å²) in [6.45, 7) is 2.69. The number of H-pyrrole nitrogens is 1. The molecule has 0 saturated carbocycles. The maximum Gasteiger partial charge on any atom is 0.248 e. The van der Waals surface area contributed by atoms with Crippen LogP contribution in [0.1, 0.15) is 18.2 Å². The van der Waals surface area contributed by atoms with Gasteiger partial charge in [-0.25, -0.2) is 4.98 Å². The largest absolute Gasteiger partial charge is 0.477 e. The standard InChI is InChI=1S/C14H15Cl2N3O3/c1-2-22-14-11(16)10(15)13-12(18-14)7-5-19(9(21)6-20)4-3-8(7)17-13/h17,20H,2-6H2,1H3. The van der Waals surface area contributed by atoms with Crippen LogP contribution in [-0.2, 0) is 17.8 Å². The molecule has 8 heteroatoms. The van der Waals surface area contributed by atoms with E-state index in [1.54, 1.807) is 4.90 Å². The Balaban J connectivity index is 2.11. The first-order valence-electron chi connectivity index (χ1n) is 6.96. The van der Waals surface area contributed by atoms with Crippen LogP contribution in [0.5, 0.6) is 5.88 Å². The molecule has 1 amide bonds. The number of nitrogens with zero attached hydrogens (tertiary/aromatic N) is 2. The Morgan fingerprint density at radius 1 is 1.45 bits per heavy atom. The fourth-order valence-electron chi connectivity index (χ4n) is 2.66. The summed E-state index contributed by atoms with van der Waals surface area (Å²) < 4.78 is 5.42. The van der Waals surface area contributed by atoms with Crippen molar-refractivity contribution < 1.29 is 14.6 Å². The van der Waals surface area contributed by atoms with Crippen LogP contribution >= 0.6 is 23.2 Å². The van der Waals surface area contributed by atoms with Gasteiger partial charge in [0.2, 0.25) is 11.8 Å². The van der Waals surface area contributed by atoms with Crippen LogP contribution in [0.3, 0.4) is 0 Å². The summed E-state index contributed by atoms with van der Waals surface area (Å²) in [5.41, 5.74) is 3.18. The van der Waals surface area contributed by atoms with Gasteiger partial charge in [-0.2, -0.15) is 0 Å². The molecule has 0 fully saturated rings. The Hall–Kier alpha value is -1.50. The molecule has 0 spiro atoms. The van der Waals surface area contributed by atoms with Crippen molar-refractivity contribution in [3.05, 3.63) is 21.3 Å².